The van der Waals surface area contributed by atoms with Crippen LogP contribution in [0.4, 0.5) is 5.69 Å². The van der Waals surface area contributed by atoms with Gasteiger partial charge < -0.3 is 30.9 Å². The van der Waals surface area contributed by atoms with Gasteiger partial charge in [0.1, 0.15) is 5.70 Å². The molecule has 11 heteroatoms. The predicted molar refractivity (Wildman–Crippen MR) is 119 cm³/mol. The number of aliphatic hydroxyl groups excluding tert-OH is 1. The van der Waals surface area contributed by atoms with Gasteiger partial charge in [-0.15, -0.1) is 11.8 Å². The predicted octanol–water partition coefficient (Wildman–Crippen LogP) is 0.941. The van der Waals surface area contributed by atoms with Crippen LogP contribution in [0, 0.1) is 11.8 Å². The van der Waals surface area contributed by atoms with Gasteiger partial charge in [0.2, 0.25) is 11.8 Å². The highest BCUT2D eigenvalue weighted by Crippen LogP contribution is 2.51. The van der Waals surface area contributed by atoms with Gasteiger partial charge in [-0.1, -0.05) is 13.0 Å². The summed E-state index contributed by atoms with van der Waals surface area (Å²) in [4.78, 5) is 50.1. The van der Waals surface area contributed by atoms with Crippen molar-refractivity contribution in [3.63, 3.8) is 0 Å². The van der Waals surface area contributed by atoms with Gasteiger partial charge in [0.05, 0.1) is 29.7 Å². The highest BCUT2D eigenvalue weighted by Gasteiger charge is 2.60. The first kappa shape index (κ1) is 23.3. The first-order valence-electron chi connectivity index (χ1n) is 10.6. The lowest BCUT2D eigenvalue weighted by Crippen LogP contribution is -2.63. The number of carbonyl (C=O) groups excluding carboxylic acids is 2. The molecule has 0 spiro atoms. The molecule has 3 aliphatic rings. The van der Waals surface area contributed by atoms with E-state index in [1.165, 1.54) is 35.7 Å². The fourth-order valence-corrected chi connectivity index (χ4v) is 6.29. The molecule has 2 amide bonds. The second-order valence-corrected chi connectivity index (χ2v) is 9.93. The summed E-state index contributed by atoms with van der Waals surface area (Å²) in [5.74, 6) is -3.79. The van der Waals surface area contributed by atoms with Crippen molar-refractivity contribution >= 4 is 41.2 Å². The molecule has 0 bridgehead atoms. The van der Waals surface area contributed by atoms with Gasteiger partial charge >= 0.3 is 11.9 Å². The number of nitrogens with one attached hydrogen (secondary N) is 2. The number of aromatic carboxylic acids is 1. The summed E-state index contributed by atoms with van der Waals surface area (Å²) >= 11 is 1.36. The molecule has 3 aliphatic heterocycles. The lowest BCUT2D eigenvalue weighted by Gasteiger charge is -2.46. The number of rotatable bonds is 7. The fraction of sp³-hybridized carbons (Fsp3) is 0.455. The molecule has 1 unspecified atom stereocenters. The number of nitrogens with zero attached hydrogens (tertiary/aromatic N) is 1. The topological polar surface area (TPSA) is 156 Å². The zero-order valence-electron chi connectivity index (χ0n) is 18.0. The number of amides is 2. The monoisotopic (exact) mass is 475 g/mol. The summed E-state index contributed by atoms with van der Waals surface area (Å²) in [5, 5.41) is 34.6. The van der Waals surface area contributed by atoms with Crippen LogP contribution in [0.25, 0.3) is 0 Å². The number of anilines is 1. The van der Waals surface area contributed by atoms with E-state index in [4.69, 9.17) is 5.11 Å². The van der Waals surface area contributed by atoms with Crippen LogP contribution in [-0.4, -0.2) is 74.0 Å². The largest absolute Gasteiger partial charge is 0.478 e. The van der Waals surface area contributed by atoms with Crippen LogP contribution in [0.3, 0.4) is 0 Å². The van der Waals surface area contributed by atoms with E-state index in [0.29, 0.717) is 23.6 Å². The first-order valence-corrected chi connectivity index (χ1v) is 11.5. The molecule has 33 heavy (non-hydrogen) atoms. The zero-order chi connectivity index (χ0) is 24.0. The van der Waals surface area contributed by atoms with Crippen molar-refractivity contribution in [3.05, 3.63) is 40.4 Å². The number of benzene rings is 1. The molecule has 10 nitrogen and oxygen atoms in total. The van der Waals surface area contributed by atoms with Gasteiger partial charge in [-0.25, -0.2) is 9.59 Å². The summed E-state index contributed by atoms with van der Waals surface area (Å²) in [6, 6.07) is 5.07. The van der Waals surface area contributed by atoms with Gasteiger partial charge in [-0.05, 0) is 31.5 Å². The Morgan fingerprint density at radius 1 is 1.24 bits per heavy atom. The Bertz CT molecular complexity index is 1060. The third-order valence-corrected chi connectivity index (χ3v) is 7.90. The van der Waals surface area contributed by atoms with Crippen molar-refractivity contribution in [1.29, 1.82) is 0 Å². The molecule has 6 atom stereocenters. The van der Waals surface area contributed by atoms with Crippen LogP contribution < -0.4 is 10.6 Å². The summed E-state index contributed by atoms with van der Waals surface area (Å²) in [6.07, 6.45) is -0.419. The van der Waals surface area contributed by atoms with Crippen LogP contribution in [0.1, 0.15) is 30.6 Å². The van der Waals surface area contributed by atoms with Crippen molar-refractivity contribution < 1.29 is 34.5 Å². The van der Waals surface area contributed by atoms with Gasteiger partial charge in [0, 0.05) is 28.3 Å². The van der Waals surface area contributed by atoms with Crippen LogP contribution in [0.15, 0.2) is 34.9 Å². The van der Waals surface area contributed by atoms with Gasteiger partial charge in [-0.3, -0.25) is 9.59 Å². The molecule has 2 fully saturated rings. The van der Waals surface area contributed by atoms with Crippen LogP contribution in [0.2, 0.25) is 0 Å². The van der Waals surface area contributed by atoms with E-state index in [1.807, 2.05) is 6.92 Å². The Morgan fingerprint density at radius 2 is 1.97 bits per heavy atom. The van der Waals surface area contributed by atoms with Crippen molar-refractivity contribution in [2.75, 3.05) is 11.9 Å². The number of carboxylic acids is 2. The van der Waals surface area contributed by atoms with Crippen molar-refractivity contribution in [3.8, 4) is 0 Å². The Morgan fingerprint density at radius 3 is 2.61 bits per heavy atom. The summed E-state index contributed by atoms with van der Waals surface area (Å²) < 4.78 is 0. The van der Waals surface area contributed by atoms with Crippen LogP contribution >= 0.6 is 11.8 Å². The minimum Gasteiger partial charge on any atom is -0.478 e. The van der Waals surface area contributed by atoms with Crippen molar-refractivity contribution in [2.45, 2.75) is 43.7 Å². The lowest BCUT2D eigenvalue weighted by molar-refractivity contribution is -0.163. The highest BCUT2D eigenvalue weighted by atomic mass is 32.2. The maximum atomic E-state index is 12.7. The number of carboxylic acid groups (broad SMARTS) is 2. The van der Waals surface area contributed by atoms with Gasteiger partial charge in [0.15, 0.2) is 0 Å². The Labute approximate surface area is 194 Å². The Balaban J connectivity index is 1.43. The van der Waals surface area contributed by atoms with Crippen LogP contribution in [-0.2, 0) is 14.4 Å². The fourth-order valence-electron chi connectivity index (χ4n) is 4.81. The summed E-state index contributed by atoms with van der Waals surface area (Å²) in [7, 11) is 0. The Kier molecular flexibility index (Phi) is 6.21. The van der Waals surface area contributed by atoms with Crippen molar-refractivity contribution in [2.24, 2.45) is 11.8 Å². The third kappa shape index (κ3) is 4.11. The molecule has 1 aromatic rings. The molecule has 0 radical (unpaired) electrons. The molecule has 2 saturated heterocycles. The first-order chi connectivity index (χ1) is 15.6. The van der Waals surface area contributed by atoms with E-state index in [-0.39, 0.29) is 40.3 Å². The average molecular weight is 476 g/mol. The molecule has 5 N–H and O–H groups in total. The number of carbonyl (C=O) groups is 4. The zero-order valence-corrected chi connectivity index (χ0v) is 18.8. The molecule has 0 aromatic heterocycles. The average Bonchev–Trinajstić information content (AvgIpc) is 3.30. The standard InChI is InChI=1S/C22H25N3O7S/c1-9-16-15(10(2)26)20(28)25(16)17(22(31)32)18(9)33-13-7-14(23-8-13)19(27)24-12-5-3-4-11(6-12)21(29)30/h3-6,9-10,13-16,23,26H,7-8H2,1-2H3,(H,24,27)(H,29,30)(H,31,32)/t9-,10-,13+,14+,15?,16-/m1/s1. The smallest absolute Gasteiger partial charge is 0.353 e. The Hall–Kier alpha value is -2.89. The van der Waals surface area contributed by atoms with Crippen molar-refractivity contribution in [1.82, 2.24) is 10.2 Å². The summed E-state index contributed by atoms with van der Waals surface area (Å²) in [5.41, 5.74) is 0.418. The maximum Gasteiger partial charge on any atom is 0.353 e. The van der Waals surface area contributed by atoms with E-state index in [0.717, 1.165) is 0 Å². The second kappa shape index (κ2) is 8.81. The minimum atomic E-state index is -1.18. The van der Waals surface area contributed by atoms with Crippen LogP contribution in [0.5, 0.6) is 0 Å². The molecular weight excluding hydrogens is 450 g/mol. The molecule has 0 aliphatic carbocycles. The van der Waals surface area contributed by atoms with E-state index in [9.17, 15) is 29.4 Å². The van der Waals surface area contributed by atoms with E-state index >= 15 is 0 Å². The minimum absolute atomic E-state index is 0.0298. The SMILES string of the molecule is C[C@@H](O)C1C(=O)N2C(C(=O)O)=C(S[C@@H]3CN[C@H](C(=O)Nc4cccc(C(=O)O)c4)C3)[C@H](C)[C@H]12. The number of fused-ring (bicyclic) bond motifs is 1. The molecule has 176 valence electrons. The maximum absolute atomic E-state index is 12.7. The molecular formula is C22H25N3O7S. The lowest BCUT2D eigenvalue weighted by atomic mass is 9.79. The molecule has 0 saturated carbocycles. The van der Waals surface area contributed by atoms with E-state index in [2.05, 4.69) is 10.6 Å². The number of β-lactam (4-membered cyclic amide) rings is 1. The summed E-state index contributed by atoms with van der Waals surface area (Å²) in [6.45, 7) is 3.87. The number of aliphatic carboxylic acids is 1. The quantitative estimate of drug-likeness (QED) is 0.362. The second-order valence-electron chi connectivity index (χ2n) is 8.58. The normalized spacial score (nSPS) is 29.5. The van der Waals surface area contributed by atoms with E-state index in [1.54, 1.807) is 12.1 Å². The van der Waals surface area contributed by atoms with E-state index < -0.39 is 30.0 Å². The number of aliphatic hydroxyl groups is 1. The number of thioether (sulfide) groups is 1. The van der Waals surface area contributed by atoms with Gasteiger partial charge in [-0.2, -0.15) is 0 Å². The van der Waals surface area contributed by atoms with Gasteiger partial charge in [0.25, 0.3) is 0 Å². The number of hydrogen-bond acceptors (Lipinski definition) is 7. The number of hydrogen-bond donors (Lipinski definition) is 5. The molecule has 3 heterocycles. The highest BCUT2D eigenvalue weighted by molar-refractivity contribution is 8.03. The third-order valence-electron chi connectivity index (χ3n) is 6.39. The molecule has 4 rings (SSSR count). The molecule has 1 aromatic carbocycles.